The average molecular weight is 155 g/mol. The second-order valence-corrected chi connectivity index (χ2v) is 1.98. The van der Waals surface area contributed by atoms with Crippen molar-refractivity contribution in [2.45, 2.75) is 13.2 Å². The molecule has 0 aromatic rings. The first-order valence-electron chi connectivity index (χ1n) is 3.38. The number of esters is 1. The van der Waals surface area contributed by atoms with Crippen LogP contribution in [0, 0.1) is 0 Å². The molecule has 3 nitrogen and oxygen atoms in total. The first kappa shape index (κ1) is 9.91. The summed E-state index contributed by atoms with van der Waals surface area (Å²) in [5, 5.41) is 2.89. The zero-order chi connectivity index (χ0) is 8.69. The van der Waals surface area contributed by atoms with Crippen molar-refractivity contribution in [3.63, 3.8) is 0 Å². The lowest BCUT2D eigenvalue weighted by Crippen LogP contribution is -2.30. The third-order valence-corrected chi connectivity index (χ3v) is 1.01. The Hall–Kier alpha value is -1.09. The lowest BCUT2D eigenvalue weighted by molar-refractivity contribution is -0.143. The van der Waals surface area contributed by atoms with E-state index in [1.807, 2.05) is 0 Å². The maximum absolute atomic E-state index is 10.6. The van der Waals surface area contributed by atoms with E-state index in [1.165, 1.54) is 0 Å². The maximum Gasteiger partial charge on any atom is 0.331 e. The molecule has 0 aliphatic rings. The molecule has 62 valence electrons. The van der Waals surface area contributed by atoms with E-state index in [0.717, 1.165) is 6.08 Å². The van der Waals surface area contributed by atoms with Gasteiger partial charge in [-0.2, -0.15) is 0 Å². The molecule has 0 aromatic carbocycles. The largest absolute Gasteiger partial charge is 0.444 e. The predicted molar refractivity (Wildman–Crippen MR) is 44.0 cm³/mol. The second-order valence-electron chi connectivity index (χ2n) is 1.98. The van der Waals surface area contributed by atoms with Gasteiger partial charge in [0, 0.05) is 12.6 Å². The molecule has 3 heteroatoms. The van der Waals surface area contributed by atoms with E-state index in [-0.39, 0.29) is 6.23 Å². The fourth-order valence-electron chi connectivity index (χ4n) is 0.513. The molecule has 0 radical (unpaired) electrons. The number of rotatable bonds is 5. The van der Waals surface area contributed by atoms with Crippen molar-refractivity contribution in [3.8, 4) is 0 Å². The lowest BCUT2D eigenvalue weighted by Gasteiger charge is -2.11. The summed E-state index contributed by atoms with van der Waals surface area (Å²) in [6.45, 7) is 9.14. The summed E-state index contributed by atoms with van der Waals surface area (Å²) in [5.74, 6) is -0.422. The molecule has 1 atom stereocenters. The molecule has 11 heavy (non-hydrogen) atoms. The highest BCUT2D eigenvalue weighted by Gasteiger charge is 2.02. The van der Waals surface area contributed by atoms with E-state index in [9.17, 15) is 4.79 Å². The van der Waals surface area contributed by atoms with Gasteiger partial charge in [0.1, 0.15) is 0 Å². The summed E-state index contributed by atoms with van der Waals surface area (Å²) < 4.78 is 4.79. The van der Waals surface area contributed by atoms with E-state index in [2.05, 4.69) is 18.5 Å². The van der Waals surface area contributed by atoms with E-state index in [4.69, 9.17) is 4.74 Å². The van der Waals surface area contributed by atoms with Gasteiger partial charge in [-0.3, -0.25) is 5.32 Å². The molecule has 0 bridgehead atoms. The van der Waals surface area contributed by atoms with Crippen molar-refractivity contribution in [2.75, 3.05) is 6.54 Å². The Morgan fingerprint density at radius 2 is 2.36 bits per heavy atom. The van der Waals surface area contributed by atoms with Gasteiger partial charge in [0.05, 0.1) is 0 Å². The van der Waals surface area contributed by atoms with Gasteiger partial charge in [-0.05, 0) is 6.92 Å². The van der Waals surface area contributed by atoms with Crippen LogP contribution in [-0.4, -0.2) is 18.7 Å². The molecule has 0 fully saturated rings. The molecule has 0 heterocycles. The number of hydrogen-bond donors (Lipinski definition) is 1. The minimum Gasteiger partial charge on any atom is -0.444 e. The third kappa shape index (κ3) is 5.36. The highest BCUT2D eigenvalue weighted by Crippen LogP contribution is 1.86. The molecule has 0 spiro atoms. The van der Waals surface area contributed by atoms with Crippen LogP contribution in [0.15, 0.2) is 25.3 Å². The van der Waals surface area contributed by atoms with Crippen molar-refractivity contribution in [3.05, 3.63) is 25.3 Å². The summed E-state index contributed by atoms with van der Waals surface area (Å²) in [6.07, 6.45) is 2.53. The highest BCUT2D eigenvalue weighted by atomic mass is 16.6. The van der Waals surface area contributed by atoms with Crippen LogP contribution >= 0.6 is 0 Å². The number of hydrogen-bond acceptors (Lipinski definition) is 3. The van der Waals surface area contributed by atoms with Crippen LogP contribution in [-0.2, 0) is 9.53 Å². The average Bonchev–Trinajstić information content (AvgIpc) is 2.00. The van der Waals surface area contributed by atoms with Crippen LogP contribution in [0.4, 0.5) is 0 Å². The van der Waals surface area contributed by atoms with Crippen LogP contribution in [0.25, 0.3) is 0 Å². The topological polar surface area (TPSA) is 38.3 Å². The molecule has 1 unspecified atom stereocenters. The maximum atomic E-state index is 10.6. The molecule has 0 aliphatic heterocycles. The Morgan fingerprint density at radius 3 is 2.82 bits per heavy atom. The Labute approximate surface area is 66.7 Å². The fourth-order valence-corrected chi connectivity index (χ4v) is 0.513. The molecule has 0 saturated carbocycles. The first-order chi connectivity index (χ1) is 5.20. The molecule has 0 aliphatic carbocycles. The number of ether oxygens (including phenoxy) is 1. The summed E-state index contributed by atoms with van der Waals surface area (Å²) in [4.78, 5) is 10.6. The van der Waals surface area contributed by atoms with Crippen molar-refractivity contribution >= 4 is 5.97 Å². The number of carbonyl (C=O) groups is 1. The monoisotopic (exact) mass is 155 g/mol. The zero-order valence-electron chi connectivity index (χ0n) is 6.67. The van der Waals surface area contributed by atoms with E-state index in [0.29, 0.717) is 6.54 Å². The van der Waals surface area contributed by atoms with Crippen molar-refractivity contribution in [2.24, 2.45) is 0 Å². The van der Waals surface area contributed by atoms with Gasteiger partial charge in [0.15, 0.2) is 6.23 Å². The molecular formula is C8H13NO2. The number of carbonyl (C=O) groups excluding carboxylic acids is 1. The lowest BCUT2D eigenvalue weighted by atomic mass is 10.5. The van der Waals surface area contributed by atoms with Crippen molar-refractivity contribution < 1.29 is 9.53 Å². The molecule has 0 saturated heterocycles. The van der Waals surface area contributed by atoms with Gasteiger partial charge in [0.2, 0.25) is 0 Å². The standard InChI is InChI=1S/C8H13NO2/c1-4-6-9-7(3)11-8(10)5-2/h4-5,7,9H,1-2,6H2,3H3. The SMILES string of the molecule is C=CCNC(C)OC(=O)C=C. The molecule has 0 amide bonds. The fraction of sp³-hybridized carbons (Fsp3) is 0.375. The Bertz CT molecular complexity index is 154. The van der Waals surface area contributed by atoms with E-state index < -0.39 is 5.97 Å². The summed E-state index contributed by atoms with van der Waals surface area (Å²) in [6, 6.07) is 0. The smallest absolute Gasteiger partial charge is 0.331 e. The van der Waals surface area contributed by atoms with E-state index in [1.54, 1.807) is 13.0 Å². The van der Waals surface area contributed by atoms with Crippen LogP contribution in [0.1, 0.15) is 6.92 Å². The molecule has 0 aromatic heterocycles. The van der Waals surface area contributed by atoms with Gasteiger partial charge in [-0.1, -0.05) is 12.7 Å². The van der Waals surface area contributed by atoms with Gasteiger partial charge >= 0.3 is 5.97 Å². The van der Waals surface area contributed by atoms with Gasteiger partial charge < -0.3 is 4.74 Å². The second kappa shape index (κ2) is 5.68. The van der Waals surface area contributed by atoms with E-state index >= 15 is 0 Å². The van der Waals surface area contributed by atoms with Crippen LogP contribution in [0.5, 0.6) is 0 Å². The first-order valence-corrected chi connectivity index (χ1v) is 3.38. The van der Waals surface area contributed by atoms with Crippen LogP contribution < -0.4 is 5.32 Å². The highest BCUT2D eigenvalue weighted by molar-refractivity contribution is 5.81. The Kier molecular flexibility index (Phi) is 5.11. The van der Waals surface area contributed by atoms with Gasteiger partial charge in [0.25, 0.3) is 0 Å². The minimum absolute atomic E-state index is 0.293. The number of nitrogens with one attached hydrogen (secondary N) is 1. The quantitative estimate of drug-likeness (QED) is 0.277. The van der Waals surface area contributed by atoms with Gasteiger partial charge in [-0.25, -0.2) is 4.79 Å². The molecular weight excluding hydrogens is 142 g/mol. The molecule has 0 rings (SSSR count). The minimum atomic E-state index is -0.422. The summed E-state index contributed by atoms with van der Waals surface area (Å²) >= 11 is 0. The zero-order valence-corrected chi connectivity index (χ0v) is 6.67. The van der Waals surface area contributed by atoms with Crippen LogP contribution in [0.2, 0.25) is 0 Å². The van der Waals surface area contributed by atoms with Crippen molar-refractivity contribution in [1.82, 2.24) is 5.32 Å². The Morgan fingerprint density at radius 1 is 1.73 bits per heavy atom. The van der Waals surface area contributed by atoms with Gasteiger partial charge in [-0.15, -0.1) is 6.58 Å². The van der Waals surface area contributed by atoms with Crippen molar-refractivity contribution in [1.29, 1.82) is 0 Å². The summed E-state index contributed by atoms with van der Waals surface area (Å²) in [5.41, 5.74) is 0. The third-order valence-electron chi connectivity index (χ3n) is 1.01. The van der Waals surface area contributed by atoms with Crippen LogP contribution in [0.3, 0.4) is 0 Å². The summed E-state index contributed by atoms with van der Waals surface area (Å²) in [7, 11) is 0. The molecule has 1 N–H and O–H groups in total. The Balaban J connectivity index is 3.50. The predicted octanol–water partition coefficient (Wildman–Crippen LogP) is 0.837. The normalized spacial score (nSPS) is 11.7.